The van der Waals surface area contributed by atoms with E-state index in [4.69, 9.17) is 9.52 Å². The average Bonchev–Trinajstić information content (AvgIpc) is 2.77. The molecule has 6 nitrogen and oxygen atoms in total. The Morgan fingerprint density at radius 1 is 1.53 bits per heavy atom. The number of aromatic carboxylic acids is 1. The van der Waals surface area contributed by atoms with Crippen LogP contribution in [0, 0.1) is 0 Å². The molecule has 0 spiro atoms. The third kappa shape index (κ3) is 3.32. The van der Waals surface area contributed by atoms with Crippen LogP contribution < -0.4 is 5.32 Å². The van der Waals surface area contributed by atoms with Gasteiger partial charge in [0.2, 0.25) is 11.7 Å². The van der Waals surface area contributed by atoms with Gasteiger partial charge in [0.05, 0.1) is 12.6 Å². The molecule has 1 aromatic rings. The highest BCUT2D eigenvalue weighted by Gasteiger charge is 2.19. The second kappa shape index (κ2) is 5.49. The molecule has 6 heteroatoms. The lowest BCUT2D eigenvalue weighted by Gasteiger charge is -2.21. The Morgan fingerprint density at radius 3 is 2.65 bits per heavy atom. The summed E-state index contributed by atoms with van der Waals surface area (Å²) < 4.78 is 5.17. The molecule has 0 fully saturated rings. The van der Waals surface area contributed by atoms with Crippen LogP contribution in [0.1, 0.15) is 29.3 Å². The number of amides is 1. The van der Waals surface area contributed by atoms with E-state index in [1.807, 2.05) is 6.92 Å². The summed E-state index contributed by atoms with van der Waals surface area (Å²) in [5.74, 6) is -0.782. The van der Waals surface area contributed by atoms with Crippen LogP contribution in [0.3, 0.4) is 0 Å². The fraction of sp³-hybridized carbons (Fsp3) is 0.455. The van der Waals surface area contributed by atoms with Crippen LogP contribution in [0.15, 0.2) is 16.5 Å². The Balaban J connectivity index is 2.70. The molecule has 0 saturated carbocycles. The zero-order chi connectivity index (χ0) is 13.0. The molecule has 0 aliphatic heterocycles. The van der Waals surface area contributed by atoms with Crippen LogP contribution >= 0.6 is 0 Å². The van der Waals surface area contributed by atoms with Crippen LogP contribution in [-0.4, -0.2) is 42.5 Å². The molecule has 17 heavy (non-hydrogen) atoms. The number of likely N-dealkylation sites (N-methyl/N-ethyl adjacent to an activating group) is 2. The molecule has 1 aromatic heterocycles. The Labute approximate surface area is 99.2 Å². The maximum absolute atomic E-state index is 11.2. The van der Waals surface area contributed by atoms with Crippen molar-refractivity contribution in [3.8, 4) is 0 Å². The SMILES string of the molecule is CNC(=O)CN(C)C(C)c1ccc(C(=O)O)o1. The molecule has 1 heterocycles. The van der Waals surface area contributed by atoms with E-state index in [0.717, 1.165) is 0 Å². The Bertz CT molecular complexity index is 413. The van der Waals surface area contributed by atoms with Crippen molar-refractivity contribution >= 4 is 11.9 Å². The summed E-state index contributed by atoms with van der Waals surface area (Å²) in [6, 6.07) is 2.84. The van der Waals surface area contributed by atoms with Gasteiger partial charge in [0, 0.05) is 7.05 Å². The molecule has 0 saturated heterocycles. The normalized spacial score (nSPS) is 12.5. The topological polar surface area (TPSA) is 82.8 Å². The average molecular weight is 240 g/mol. The molecule has 1 unspecified atom stereocenters. The van der Waals surface area contributed by atoms with Crippen molar-refractivity contribution in [2.24, 2.45) is 0 Å². The van der Waals surface area contributed by atoms with Gasteiger partial charge in [-0.05, 0) is 26.1 Å². The number of carbonyl (C=O) groups excluding carboxylic acids is 1. The van der Waals surface area contributed by atoms with Crippen molar-refractivity contribution in [3.05, 3.63) is 23.7 Å². The lowest BCUT2D eigenvalue weighted by Crippen LogP contribution is -2.34. The third-order valence-corrected chi connectivity index (χ3v) is 2.58. The van der Waals surface area contributed by atoms with E-state index in [1.54, 1.807) is 25.1 Å². The monoisotopic (exact) mass is 240 g/mol. The minimum Gasteiger partial charge on any atom is -0.475 e. The number of furan rings is 1. The van der Waals surface area contributed by atoms with Gasteiger partial charge >= 0.3 is 5.97 Å². The van der Waals surface area contributed by atoms with Gasteiger partial charge in [0.25, 0.3) is 0 Å². The first-order valence-corrected chi connectivity index (χ1v) is 5.19. The van der Waals surface area contributed by atoms with E-state index in [2.05, 4.69) is 5.32 Å². The van der Waals surface area contributed by atoms with Gasteiger partial charge in [-0.1, -0.05) is 0 Å². The quantitative estimate of drug-likeness (QED) is 0.792. The molecule has 0 aromatic carbocycles. The molecule has 0 aliphatic rings. The van der Waals surface area contributed by atoms with E-state index in [9.17, 15) is 9.59 Å². The van der Waals surface area contributed by atoms with Crippen LogP contribution in [0.5, 0.6) is 0 Å². The van der Waals surface area contributed by atoms with Gasteiger partial charge in [-0.3, -0.25) is 9.69 Å². The van der Waals surface area contributed by atoms with Crippen LogP contribution in [-0.2, 0) is 4.79 Å². The minimum atomic E-state index is -1.10. The lowest BCUT2D eigenvalue weighted by atomic mass is 10.2. The Morgan fingerprint density at radius 2 is 2.18 bits per heavy atom. The second-order valence-corrected chi connectivity index (χ2v) is 3.77. The molecule has 1 amide bonds. The summed E-state index contributed by atoms with van der Waals surface area (Å²) in [6.07, 6.45) is 0. The van der Waals surface area contributed by atoms with Crippen molar-refractivity contribution in [1.82, 2.24) is 10.2 Å². The van der Waals surface area contributed by atoms with Crippen molar-refractivity contribution < 1.29 is 19.1 Å². The number of nitrogens with one attached hydrogen (secondary N) is 1. The highest BCUT2D eigenvalue weighted by Crippen LogP contribution is 2.20. The largest absolute Gasteiger partial charge is 0.475 e. The number of carbonyl (C=O) groups is 2. The second-order valence-electron chi connectivity index (χ2n) is 3.77. The first-order chi connectivity index (χ1) is 7.95. The fourth-order valence-corrected chi connectivity index (χ4v) is 1.35. The number of carboxylic acids is 1. The van der Waals surface area contributed by atoms with E-state index in [1.165, 1.54) is 6.07 Å². The van der Waals surface area contributed by atoms with E-state index < -0.39 is 5.97 Å². The predicted molar refractivity (Wildman–Crippen MR) is 60.8 cm³/mol. The van der Waals surface area contributed by atoms with Crippen LogP contribution in [0.4, 0.5) is 0 Å². The maximum atomic E-state index is 11.2. The van der Waals surface area contributed by atoms with E-state index in [-0.39, 0.29) is 24.3 Å². The summed E-state index contributed by atoms with van der Waals surface area (Å²) in [5, 5.41) is 11.3. The van der Waals surface area contributed by atoms with Gasteiger partial charge in [-0.15, -0.1) is 0 Å². The minimum absolute atomic E-state index is 0.0970. The van der Waals surface area contributed by atoms with Crippen molar-refractivity contribution in [1.29, 1.82) is 0 Å². The van der Waals surface area contributed by atoms with Crippen molar-refractivity contribution in [2.45, 2.75) is 13.0 Å². The number of carboxylic acid groups (broad SMARTS) is 1. The first-order valence-electron chi connectivity index (χ1n) is 5.19. The van der Waals surface area contributed by atoms with Crippen LogP contribution in [0.25, 0.3) is 0 Å². The standard InChI is InChI=1S/C11H16N2O4/c1-7(13(3)6-10(14)12-2)8-4-5-9(17-8)11(15)16/h4-5,7H,6H2,1-3H3,(H,12,14)(H,15,16). The Hall–Kier alpha value is -1.82. The summed E-state index contributed by atoms with van der Waals surface area (Å²) >= 11 is 0. The highest BCUT2D eigenvalue weighted by molar-refractivity contribution is 5.84. The molecule has 0 bridgehead atoms. The van der Waals surface area contributed by atoms with Crippen molar-refractivity contribution in [3.63, 3.8) is 0 Å². The zero-order valence-electron chi connectivity index (χ0n) is 10.1. The molecule has 2 N–H and O–H groups in total. The summed E-state index contributed by atoms with van der Waals surface area (Å²) in [6.45, 7) is 2.06. The van der Waals surface area contributed by atoms with Gasteiger partial charge in [0.15, 0.2) is 0 Å². The van der Waals surface area contributed by atoms with E-state index >= 15 is 0 Å². The summed E-state index contributed by atoms with van der Waals surface area (Å²) in [7, 11) is 3.33. The fourth-order valence-electron chi connectivity index (χ4n) is 1.35. The first kappa shape index (κ1) is 13.2. The highest BCUT2D eigenvalue weighted by atomic mass is 16.4. The molecule has 1 atom stereocenters. The third-order valence-electron chi connectivity index (χ3n) is 2.58. The predicted octanol–water partition coefficient (Wildman–Crippen LogP) is 0.717. The molecule has 0 radical (unpaired) electrons. The van der Waals surface area contributed by atoms with E-state index in [0.29, 0.717) is 5.76 Å². The molecule has 1 rings (SSSR count). The van der Waals surface area contributed by atoms with Gasteiger partial charge < -0.3 is 14.8 Å². The smallest absolute Gasteiger partial charge is 0.371 e. The molecule has 0 aliphatic carbocycles. The van der Waals surface area contributed by atoms with Crippen molar-refractivity contribution in [2.75, 3.05) is 20.6 Å². The number of hydrogen-bond acceptors (Lipinski definition) is 4. The molecule has 94 valence electrons. The Kier molecular flexibility index (Phi) is 4.28. The van der Waals surface area contributed by atoms with Crippen LogP contribution in [0.2, 0.25) is 0 Å². The van der Waals surface area contributed by atoms with Gasteiger partial charge in [-0.25, -0.2) is 4.79 Å². The summed E-state index contributed by atoms with van der Waals surface area (Å²) in [4.78, 5) is 23.6. The molecular formula is C11H16N2O4. The number of hydrogen-bond donors (Lipinski definition) is 2. The number of rotatable bonds is 5. The zero-order valence-corrected chi connectivity index (χ0v) is 10.1. The lowest BCUT2D eigenvalue weighted by molar-refractivity contribution is -0.121. The maximum Gasteiger partial charge on any atom is 0.371 e. The summed E-state index contributed by atoms with van der Waals surface area (Å²) in [5.41, 5.74) is 0. The molecular weight excluding hydrogens is 224 g/mol. The number of nitrogens with zero attached hydrogens (tertiary/aromatic N) is 1. The van der Waals surface area contributed by atoms with Gasteiger partial charge in [-0.2, -0.15) is 0 Å². The van der Waals surface area contributed by atoms with Gasteiger partial charge in [0.1, 0.15) is 5.76 Å².